The van der Waals surface area contributed by atoms with Crippen molar-refractivity contribution < 1.29 is 9.47 Å². The Morgan fingerprint density at radius 2 is 1.77 bits per heavy atom. The van der Waals surface area contributed by atoms with Crippen molar-refractivity contribution in [1.29, 1.82) is 0 Å². The summed E-state index contributed by atoms with van der Waals surface area (Å²) in [5.41, 5.74) is 1.33. The SMILES string of the molecule is CNCCCC1OCC(c2cccc3ccccc23)CO1.Cl. The fourth-order valence-corrected chi connectivity index (χ4v) is 2.94. The molecule has 0 amide bonds. The number of benzene rings is 2. The Morgan fingerprint density at radius 3 is 2.55 bits per heavy atom. The molecule has 1 heterocycles. The fraction of sp³-hybridized carbons (Fsp3) is 0.444. The number of fused-ring (bicyclic) bond motifs is 1. The summed E-state index contributed by atoms with van der Waals surface area (Å²) < 4.78 is 11.8. The summed E-state index contributed by atoms with van der Waals surface area (Å²) >= 11 is 0. The fourth-order valence-electron chi connectivity index (χ4n) is 2.94. The van der Waals surface area contributed by atoms with E-state index in [0.717, 1.165) is 32.6 Å². The Hall–Kier alpha value is -1.13. The second kappa shape index (κ2) is 8.49. The van der Waals surface area contributed by atoms with Crippen LogP contribution in [0.5, 0.6) is 0 Å². The van der Waals surface area contributed by atoms with Crippen molar-refractivity contribution in [2.24, 2.45) is 0 Å². The van der Waals surface area contributed by atoms with Crippen molar-refractivity contribution in [3.8, 4) is 0 Å². The molecule has 0 bridgehead atoms. The third kappa shape index (κ3) is 3.99. The summed E-state index contributed by atoms with van der Waals surface area (Å²) in [5, 5.41) is 5.75. The Morgan fingerprint density at radius 1 is 1.05 bits per heavy atom. The van der Waals surface area contributed by atoms with E-state index in [2.05, 4.69) is 47.8 Å². The van der Waals surface area contributed by atoms with E-state index in [0.29, 0.717) is 5.92 Å². The summed E-state index contributed by atoms with van der Waals surface area (Å²) in [7, 11) is 1.97. The standard InChI is InChI=1S/C18H23NO2.ClH/c1-19-11-5-10-18-20-12-15(13-21-18)17-9-4-7-14-6-2-3-8-16(14)17;/h2-4,6-9,15,18-19H,5,10-13H2,1H3;1H. The predicted octanol–water partition coefficient (Wildman–Crippen LogP) is 3.72. The first-order chi connectivity index (χ1) is 10.4. The predicted molar refractivity (Wildman–Crippen MR) is 92.8 cm³/mol. The highest BCUT2D eigenvalue weighted by molar-refractivity contribution is 5.86. The van der Waals surface area contributed by atoms with Gasteiger partial charge < -0.3 is 14.8 Å². The molecule has 2 aromatic rings. The highest BCUT2D eigenvalue weighted by Gasteiger charge is 2.24. The topological polar surface area (TPSA) is 30.5 Å². The van der Waals surface area contributed by atoms with Gasteiger partial charge in [-0.25, -0.2) is 0 Å². The minimum Gasteiger partial charge on any atom is -0.352 e. The molecule has 4 heteroatoms. The monoisotopic (exact) mass is 321 g/mol. The van der Waals surface area contributed by atoms with Gasteiger partial charge in [0.2, 0.25) is 0 Å². The zero-order valence-corrected chi connectivity index (χ0v) is 13.8. The van der Waals surface area contributed by atoms with Crippen molar-refractivity contribution in [1.82, 2.24) is 5.32 Å². The molecule has 0 radical (unpaired) electrons. The van der Waals surface area contributed by atoms with E-state index in [9.17, 15) is 0 Å². The van der Waals surface area contributed by atoms with Gasteiger partial charge in [-0.15, -0.1) is 12.4 Å². The highest BCUT2D eigenvalue weighted by atomic mass is 35.5. The first-order valence-electron chi connectivity index (χ1n) is 7.74. The van der Waals surface area contributed by atoms with Gasteiger partial charge in [0.15, 0.2) is 6.29 Å². The van der Waals surface area contributed by atoms with E-state index >= 15 is 0 Å². The maximum absolute atomic E-state index is 5.89. The second-order valence-electron chi connectivity index (χ2n) is 5.61. The van der Waals surface area contributed by atoms with Crippen LogP contribution in [0.4, 0.5) is 0 Å². The summed E-state index contributed by atoms with van der Waals surface area (Å²) in [6.07, 6.45) is 2.01. The van der Waals surface area contributed by atoms with Gasteiger partial charge in [-0.1, -0.05) is 42.5 Å². The smallest absolute Gasteiger partial charge is 0.157 e. The molecular weight excluding hydrogens is 298 g/mol. The normalized spacial score (nSPS) is 21.5. The van der Waals surface area contributed by atoms with Gasteiger partial charge in [0.25, 0.3) is 0 Å². The van der Waals surface area contributed by atoms with Gasteiger partial charge in [0, 0.05) is 5.92 Å². The number of rotatable bonds is 5. The lowest BCUT2D eigenvalue weighted by atomic mass is 9.94. The van der Waals surface area contributed by atoms with Crippen molar-refractivity contribution in [2.45, 2.75) is 25.0 Å². The molecule has 1 aliphatic heterocycles. The zero-order chi connectivity index (χ0) is 14.5. The molecule has 0 atom stereocenters. The molecule has 0 aliphatic carbocycles. The third-order valence-electron chi connectivity index (χ3n) is 4.10. The molecule has 2 aromatic carbocycles. The summed E-state index contributed by atoms with van der Waals surface area (Å²) in [5.74, 6) is 0.330. The van der Waals surface area contributed by atoms with E-state index in [-0.39, 0.29) is 18.7 Å². The lowest BCUT2D eigenvalue weighted by Crippen LogP contribution is -2.31. The average Bonchev–Trinajstić information content (AvgIpc) is 2.55. The van der Waals surface area contributed by atoms with Gasteiger partial charge in [0.05, 0.1) is 13.2 Å². The first kappa shape index (κ1) is 17.2. The average molecular weight is 322 g/mol. The molecule has 1 N–H and O–H groups in total. The van der Waals surface area contributed by atoms with Gasteiger partial charge >= 0.3 is 0 Å². The number of hydrogen-bond acceptors (Lipinski definition) is 3. The van der Waals surface area contributed by atoms with Crippen LogP contribution in [0.3, 0.4) is 0 Å². The number of nitrogens with one attached hydrogen (secondary N) is 1. The van der Waals surface area contributed by atoms with E-state index in [1.165, 1.54) is 16.3 Å². The maximum atomic E-state index is 5.89. The molecule has 120 valence electrons. The van der Waals surface area contributed by atoms with Crippen LogP contribution in [0.15, 0.2) is 42.5 Å². The van der Waals surface area contributed by atoms with Crippen LogP contribution in [-0.4, -0.2) is 33.1 Å². The Kier molecular flexibility index (Phi) is 6.65. The van der Waals surface area contributed by atoms with E-state index in [1.54, 1.807) is 0 Å². The Bertz CT molecular complexity index is 577. The van der Waals surface area contributed by atoms with Crippen LogP contribution in [0.2, 0.25) is 0 Å². The highest BCUT2D eigenvalue weighted by Crippen LogP contribution is 2.29. The molecular formula is C18H24ClNO2. The van der Waals surface area contributed by atoms with Crippen LogP contribution in [0.1, 0.15) is 24.3 Å². The van der Waals surface area contributed by atoms with Gasteiger partial charge in [-0.3, -0.25) is 0 Å². The Labute approximate surface area is 138 Å². The molecule has 1 aliphatic rings. The van der Waals surface area contributed by atoms with E-state index < -0.39 is 0 Å². The van der Waals surface area contributed by atoms with Crippen LogP contribution in [0.25, 0.3) is 10.8 Å². The molecule has 0 aromatic heterocycles. The lowest BCUT2D eigenvalue weighted by Gasteiger charge is -2.30. The molecule has 1 saturated heterocycles. The Balaban J connectivity index is 0.00000176. The molecule has 0 spiro atoms. The van der Waals surface area contributed by atoms with Crippen LogP contribution in [-0.2, 0) is 9.47 Å². The van der Waals surface area contributed by atoms with Crippen LogP contribution < -0.4 is 5.32 Å². The van der Waals surface area contributed by atoms with Crippen molar-refractivity contribution >= 4 is 23.2 Å². The summed E-state index contributed by atoms with van der Waals surface area (Å²) in [6.45, 7) is 2.51. The van der Waals surface area contributed by atoms with Crippen molar-refractivity contribution in [3.05, 3.63) is 48.0 Å². The minimum absolute atomic E-state index is 0. The molecule has 22 heavy (non-hydrogen) atoms. The quantitative estimate of drug-likeness (QED) is 0.851. The summed E-state index contributed by atoms with van der Waals surface area (Å²) in [6, 6.07) is 15.0. The van der Waals surface area contributed by atoms with E-state index in [1.807, 2.05) is 7.05 Å². The molecule has 0 saturated carbocycles. The molecule has 3 nitrogen and oxygen atoms in total. The van der Waals surface area contributed by atoms with Crippen molar-refractivity contribution in [3.63, 3.8) is 0 Å². The van der Waals surface area contributed by atoms with Gasteiger partial charge in [-0.05, 0) is 42.8 Å². The number of hydrogen-bond donors (Lipinski definition) is 1. The third-order valence-corrected chi connectivity index (χ3v) is 4.10. The zero-order valence-electron chi connectivity index (χ0n) is 13.0. The minimum atomic E-state index is -0.0374. The molecule has 0 unspecified atom stereocenters. The largest absolute Gasteiger partial charge is 0.352 e. The van der Waals surface area contributed by atoms with Crippen LogP contribution in [0, 0.1) is 0 Å². The first-order valence-corrected chi connectivity index (χ1v) is 7.74. The van der Waals surface area contributed by atoms with Gasteiger partial charge in [0.1, 0.15) is 0 Å². The lowest BCUT2D eigenvalue weighted by molar-refractivity contribution is -0.189. The van der Waals surface area contributed by atoms with Gasteiger partial charge in [-0.2, -0.15) is 0 Å². The van der Waals surface area contributed by atoms with E-state index in [4.69, 9.17) is 9.47 Å². The summed E-state index contributed by atoms with van der Waals surface area (Å²) in [4.78, 5) is 0. The number of halogens is 1. The maximum Gasteiger partial charge on any atom is 0.157 e. The van der Waals surface area contributed by atoms with Crippen molar-refractivity contribution in [2.75, 3.05) is 26.8 Å². The van der Waals surface area contributed by atoms with Crippen LogP contribution >= 0.6 is 12.4 Å². The number of ether oxygens (including phenoxy) is 2. The molecule has 3 rings (SSSR count). The second-order valence-corrected chi connectivity index (χ2v) is 5.61. The molecule has 1 fully saturated rings.